The molecule has 0 unspecified atom stereocenters. The van der Waals surface area contributed by atoms with Gasteiger partial charge in [-0.15, -0.1) is 22.7 Å². The summed E-state index contributed by atoms with van der Waals surface area (Å²) >= 11 is 11.0. The zero-order valence-corrected chi connectivity index (χ0v) is 89.2. The average Bonchev–Trinajstić information content (AvgIpc) is 1.63. The number of rotatable bonds is 18. The van der Waals surface area contributed by atoms with Crippen LogP contribution in [0.1, 0.15) is 74.3 Å². The van der Waals surface area contributed by atoms with Crippen molar-refractivity contribution < 1.29 is 148 Å². The molecule has 14 aromatic carbocycles. The Kier molecular flexibility index (Phi) is 48.6. The van der Waals surface area contributed by atoms with Gasteiger partial charge in [0, 0.05) is 26.0 Å². The van der Waals surface area contributed by atoms with Crippen LogP contribution in [0.4, 0.5) is 0 Å². The Hall–Kier alpha value is -6.75. The molecule has 9 nitrogen and oxygen atoms in total. The number of halogens is 2. The summed E-state index contributed by atoms with van der Waals surface area (Å²) in [5.41, 5.74) is 12.5. The summed E-state index contributed by atoms with van der Waals surface area (Å²) in [7, 11) is -2.60. The molecule has 4 heterocycles. The molecule has 0 amide bonds. The average molecular weight is 2070 g/mol. The molecular formula is C107H99BClIK2N4O5P4PdS2. The molecule has 0 saturated heterocycles. The van der Waals surface area contributed by atoms with Crippen molar-refractivity contribution in [3.63, 3.8) is 0 Å². The minimum atomic E-state index is -0.816. The van der Waals surface area contributed by atoms with E-state index in [1.54, 1.807) is 52.0 Å². The van der Waals surface area contributed by atoms with Gasteiger partial charge in [-0.2, -0.15) is 0 Å². The van der Waals surface area contributed by atoms with Crippen molar-refractivity contribution in [2.45, 2.75) is 67.2 Å². The topological polar surface area (TPSA) is 130 Å². The van der Waals surface area contributed by atoms with Gasteiger partial charge < -0.3 is 19.6 Å². The number of aryl methyl sites for hydroxylation is 4. The zero-order valence-electron chi connectivity index (χ0n) is 74.3. The number of thiophene rings is 2. The Bertz CT molecular complexity index is 5290. The van der Waals surface area contributed by atoms with Crippen LogP contribution < -0.4 is 177 Å². The molecule has 0 fully saturated rings. The second-order valence-corrected chi connectivity index (χ2v) is 40.7. The number of carbonyl (C=O) groups excluding carboxylic acids is 1. The smallest absolute Gasteiger partial charge is 1.00 e. The van der Waals surface area contributed by atoms with Crippen LogP contribution in [0.25, 0.3) is 31.7 Å². The number of hydrogen-bond acceptors (Lipinski definition) is 11. The van der Waals surface area contributed by atoms with Gasteiger partial charge in [-0.05, 0) is 174 Å². The van der Waals surface area contributed by atoms with Gasteiger partial charge >= 0.3 is 110 Å². The van der Waals surface area contributed by atoms with Crippen LogP contribution in [-0.2, 0) is 33.1 Å². The van der Waals surface area contributed by atoms with Crippen molar-refractivity contribution in [1.29, 1.82) is 0 Å². The van der Waals surface area contributed by atoms with Crippen molar-refractivity contribution >= 4 is 192 Å². The summed E-state index contributed by atoms with van der Waals surface area (Å²) in [6.07, 6.45) is 3.21. The van der Waals surface area contributed by atoms with Crippen LogP contribution >= 0.6 is 89.0 Å². The number of fused-ring (bicyclic) bond motifs is 2. The normalized spacial score (nSPS) is 10.3. The number of benzene rings is 14. The van der Waals surface area contributed by atoms with Gasteiger partial charge in [0.05, 0.1) is 49.1 Å². The molecule has 18 aromatic rings. The Morgan fingerprint density at radius 1 is 0.367 bits per heavy atom. The number of hydrogen-bond donors (Lipinski definition) is 1. The number of carbonyl (C=O) groups is 1. The van der Waals surface area contributed by atoms with E-state index in [4.69, 9.17) is 24.6 Å². The quantitative estimate of drug-likeness (QED) is 0.0170. The monoisotopic (exact) mass is 2060 g/mol. The number of aromatic nitrogens is 4. The van der Waals surface area contributed by atoms with Crippen LogP contribution in [0.15, 0.2) is 424 Å². The van der Waals surface area contributed by atoms with E-state index in [9.17, 15) is 5.02 Å². The van der Waals surface area contributed by atoms with Gasteiger partial charge in [0.2, 0.25) is 0 Å². The first-order valence-corrected chi connectivity index (χ1v) is 49.2. The summed E-state index contributed by atoms with van der Waals surface area (Å²) in [5, 5.41) is 39.4. The van der Waals surface area contributed by atoms with Gasteiger partial charge in [0.15, 0.2) is 0 Å². The largest absolute Gasteiger partial charge is 1.00 e. The van der Waals surface area contributed by atoms with Crippen molar-refractivity contribution in [3.8, 4) is 11.3 Å². The molecule has 4 aromatic heterocycles. The Balaban J connectivity index is 0.000000205. The second-order valence-electron chi connectivity index (χ2n) is 29.2. The minimum Gasteiger partial charge on any atom is -1.00 e. The molecule has 0 aliphatic rings. The predicted octanol–water partition coefficient (Wildman–Crippen LogP) is 16.3. The van der Waals surface area contributed by atoms with E-state index < -0.39 is 38.8 Å². The maximum absolute atomic E-state index is 9.35. The molecule has 18 rings (SSSR count). The fourth-order valence-electron chi connectivity index (χ4n) is 13.8. The molecule has 0 aliphatic heterocycles. The summed E-state index contributed by atoms with van der Waals surface area (Å²) in [6.45, 7) is 16.8. The molecule has 638 valence electrons. The maximum atomic E-state index is 9.35. The van der Waals surface area contributed by atoms with E-state index in [-0.39, 0.29) is 131 Å². The van der Waals surface area contributed by atoms with E-state index in [2.05, 4.69) is 465 Å². The van der Waals surface area contributed by atoms with Gasteiger partial charge in [0.25, 0.3) is 6.47 Å². The SMILES string of the molecule is CC(C)c1csc2c(Cl)ncnc12.Cc1cc(C)cc(-c2ncnc3c(C(C)C)csc23)c1.Cc1cc(C)cc(B(O)OI)c1.O=CO[O-].[H-].[K+].[K+].[Pd].c1ccc(P(c2ccccc2)c2ccccc2)cc1.c1ccc(P(c2ccccc2)c2ccccc2)cc1.c1ccc(P(c2ccccc2)c2ccccc2)cc1.c1ccc(P(c2ccccc2)c2ccccc2)cc1. The first-order chi connectivity index (χ1) is 61.1. The van der Waals surface area contributed by atoms with Crippen LogP contribution in [0.2, 0.25) is 5.15 Å². The van der Waals surface area contributed by atoms with E-state index in [1.165, 1.54) is 102 Å². The van der Waals surface area contributed by atoms with Crippen LogP contribution in [0.3, 0.4) is 0 Å². The Labute approximate surface area is 888 Å². The summed E-state index contributed by atoms with van der Waals surface area (Å²) < 4.78 is 6.96. The van der Waals surface area contributed by atoms with Crippen molar-refractivity contribution in [3.05, 3.63) is 462 Å². The molecule has 0 radical (unpaired) electrons. The Morgan fingerprint density at radius 3 is 0.797 bits per heavy atom. The van der Waals surface area contributed by atoms with Crippen molar-refractivity contribution in [2.24, 2.45) is 0 Å². The van der Waals surface area contributed by atoms with Gasteiger partial charge in [-0.1, -0.05) is 450 Å². The molecule has 0 spiro atoms. The van der Waals surface area contributed by atoms with E-state index in [0.29, 0.717) is 17.0 Å². The van der Waals surface area contributed by atoms with Crippen LogP contribution in [0.5, 0.6) is 0 Å². The van der Waals surface area contributed by atoms with Crippen molar-refractivity contribution in [1.82, 2.24) is 19.9 Å². The maximum Gasteiger partial charge on any atom is 1.00 e. The second kappa shape index (κ2) is 58.3. The third-order valence-corrected chi connectivity index (χ3v) is 31.9. The van der Waals surface area contributed by atoms with Gasteiger partial charge in [0.1, 0.15) is 17.8 Å². The number of nitrogens with zero attached hydrogens (tertiary/aromatic N) is 4. The molecule has 0 aliphatic carbocycles. The fraction of sp³-hybridized carbons (Fsp3) is 0.0935. The van der Waals surface area contributed by atoms with Crippen molar-refractivity contribution in [2.75, 3.05) is 0 Å². The minimum absolute atomic E-state index is 0. The molecule has 0 saturated carbocycles. The molecule has 21 heteroatoms. The van der Waals surface area contributed by atoms with E-state index in [0.717, 1.165) is 38.0 Å². The predicted molar refractivity (Wildman–Crippen MR) is 550 cm³/mol. The molecule has 128 heavy (non-hydrogen) atoms. The summed E-state index contributed by atoms with van der Waals surface area (Å²) in [4.78, 5) is 28.5. The standard InChI is InChI=1S/4C18H15P.C17H18N2S.C9H9ClN2S.C8H10BIO2.CH2O3.2K.Pd.H/c4*1-4-10-16(11-5-1)19(17-12-6-2-7-13-17)18-14-8-3-9-15-18;1-10(2)14-8-20-17-15(18-9-19-16(14)17)13-6-11(3)5-12(4)7-13;1-5(2)6-3-13-8-7(6)11-4-12-9(8)10;1-6-3-7(2)5-8(4-6)9(11)12-10;2-1-4-3;;;;/h4*1-15H;5-10H,1-4H3;3-5H,1-2H3;3-5,11H,1-2H3;1,3H;;;;/q;;;;;;;;2*+1;;-1/p-1. The molecular weight excluding hydrogens is 1970 g/mol. The molecule has 1 N–H and O–H groups in total. The van der Waals surface area contributed by atoms with E-state index in [1.807, 2.05) is 26.0 Å². The third-order valence-electron chi connectivity index (χ3n) is 19.3. The van der Waals surface area contributed by atoms with Gasteiger partial charge in [-0.25, -0.2) is 19.9 Å². The van der Waals surface area contributed by atoms with Gasteiger partial charge in [-0.3, -0.25) is 4.79 Å². The molecule has 0 bridgehead atoms. The Morgan fingerprint density at radius 2 is 0.578 bits per heavy atom. The first-order valence-electron chi connectivity index (χ1n) is 40.9. The summed E-state index contributed by atoms with van der Waals surface area (Å²) in [6, 6.07) is 142. The van der Waals surface area contributed by atoms with E-state index >= 15 is 0 Å². The molecule has 0 atom stereocenters. The zero-order chi connectivity index (χ0) is 87.9. The summed E-state index contributed by atoms with van der Waals surface area (Å²) in [5.74, 6) is 0.977. The fourth-order valence-corrected chi connectivity index (χ4v) is 25.8. The van der Waals surface area contributed by atoms with Crippen LogP contribution in [-0.4, -0.2) is 38.6 Å². The third kappa shape index (κ3) is 32.6. The van der Waals surface area contributed by atoms with Crippen LogP contribution in [0, 0.1) is 27.7 Å². The first kappa shape index (κ1) is 107.